The van der Waals surface area contributed by atoms with Crippen molar-refractivity contribution in [1.29, 1.82) is 0 Å². The van der Waals surface area contributed by atoms with Crippen molar-refractivity contribution in [3.8, 4) is 0 Å². The van der Waals surface area contributed by atoms with Crippen LogP contribution >= 0.6 is 11.6 Å². The van der Waals surface area contributed by atoms with Crippen molar-refractivity contribution in [1.82, 2.24) is 9.55 Å². The first-order valence-electron chi connectivity index (χ1n) is 13.4. The molecule has 1 aliphatic rings. The Morgan fingerprint density at radius 3 is 2.34 bits per heavy atom. The lowest BCUT2D eigenvalue weighted by molar-refractivity contribution is 0.307. The van der Waals surface area contributed by atoms with Gasteiger partial charge in [-0.1, -0.05) is 104 Å². The average molecular weight is 515 g/mol. The van der Waals surface area contributed by atoms with E-state index < -0.39 is 0 Å². The van der Waals surface area contributed by atoms with Crippen LogP contribution in [0, 0.1) is 12.3 Å². The van der Waals surface area contributed by atoms with Gasteiger partial charge in [-0.2, -0.15) is 0 Å². The molecule has 0 bridgehead atoms. The molecular weight excluding hydrogens is 484 g/mol. The number of nitrogens with one attached hydrogen (secondary N) is 1. The highest BCUT2D eigenvalue weighted by molar-refractivity contribution is 6.31. The van der Waals surface area contributed by atoms with Gasteiger partial charge < -0.3 is 9.55 Å². The highest BCUT2D eigenvalue weighted by atomic mass is 35.5. The molecule has 0 amide bonds. The summed E-state index contributed by atoms with van der Waals surface area (Å²) in [6.07, 6.45) is 2.40. The third-order valence-electron chi connectivity index (χ3n) is 8.63. The summed E-state index contributed by atoms with van der Waals surface area (Å²) in [5.41, 5.74) is 10.3. The smallest absolute Gasteiger partial charge is 0.0486 e. The topological polar surface area (TPSA) is 20.7 Å². The zero-order chi connectivity index (χ0) is 26.0. The summed E-state index contributed by atoms with van der Waals surface area (Å²) in [5.74, 6) is 0.358. The van der Waals surface area contributed by atoms with E-state index in [4.69, 9.17) is 11.6 Å². The van der Waals surface area contributed by atoms with Crippen molar-refractivity contribution < 1.29 is 0 Å². The van der Waals surface area contributed by atoms with Gasteiger partial charge in [0.05, 0.1) is 0 Å². The maximum atomic E-state index is 6.92. The van der Waals surface area contributed by atoms with Crippen molar-refractivity contribution in [2.24, 2.45) is 5.41 Å². The second kappa shape index (κ2) is 8.64. The van der Waals surface area contributed by atoms with Gasteiger partial charge in [-0.05, 0) is 58.9 Å². The van der Waals surface area contributed by atoms with Crippen molar-refractivity contribution in [3.05, 3.63) is 142 Å². The lowest BCUT2D eigenvalue weighted by atomic mass is 9.68. The van der Waals surface area contributed by atoms with E-state index in [9.17, 15) is 0 Å². The molecule has 0 spiro atoms. The Kier molecular flexibility index (Phi) is 5.32. The second-order valence-corrected chi connectivity index (χ2v) is 11.8. The molecule has 4 aromatic carbocycles. The average Bonchev–Trinajstić information content (AvgIpc) is 3.51. The van der Waals surface area contributed by atoms with E-state index in [1.165, 1.54) is 55.3 Å². The lowest BCUT2D eigenvalue weighted by Gasteiger charge is -2.35. The van der Waals surface area contributed by atoms with Crippen LogP contribution in [0.1, 0.15) is 59.2 Å². The molecule has 0 aliphatic heterocycles. The molecule has 6 aromatic rings. The van der Waals surface area contributed by atoms with Crippen LogP contribution in [0.2, 0.25) is 5.02 Å². The Balaban J connectivity index is 1.49. The predicted octanol–water partition coefficient (Wildman–Crippen LogP) is 9.44. The van der Waals surface area contributed by atoms with E-state index in [0.717, 1.165) is 11.6 Å². The fraction of sp³-hybridized carbons (Fsp3) is 0.200. The van der Waals surface area contributed by atoms with Crippen molar-refractivity contribution >= 4 is 33.4 Å². The first kappa shape index (κ1) is 23.4. The summed E-state index contributed by atoms with van der Waals surface area (Å²) in [5, 5.41) is 3.47. The number of halogens is 1. The summed E-state index contributed by atoms with van der Waals surface area (Å²) < 4.78 is 2.42. The van der Waals surface area contributed by atoms with Gasteiger partial charge in [0.2, 0.25) is 0 Å². The number of H-pyrrole nitrogens is 1. The Morgan fingerprint density at radius 2 is 1.53 bits per heavy atom. The second-order valence-electron chi connectivity index (χ2n) is 11.4. The monoisotopic (exact) mass is 514 g/mol. The molecule has 2 nitrogen and oxygen atoms in total. The van der Waals surface area contributed by atoms with Crippen LogP contribution in [0.25, 0.3) is 21.8 Å². The quantitative estimate of drug-likeness (QED) is 0.242. The first-order valence-corrected chi connectivity index (χ1v) is 13.8. The van der Waals surface area contributed by atoms with E-state index in [2.05, 4.69) is 121 Å². The number of aryl methyl sites for hydroxylation is 1. The molecule has 3 heteroatoms. The molecule has 2 heterocycles. The van der Waals surface area contributed by atoms with E-state index in [1.54, 1.807) is 0 Å². The summed E-state index contributed by atoms with van der Waals surface area (Å²) in [4.78, 5) is 3.90. The van der Waals surface area contributed by atoms with Crippen LogP contribution in [-0.4, -0.2) is 9.55 Å². The number of nitrogens with zero attached hydrogens (tertiary/aromatic N) is 1. The molecule has 0 unspecified atom stereocenters. The standard InChI is InChI=1S/C35H31ClN2/c1-22-17-18-29-26(19-22)31-32(25-14-7-9-15-28(25)36)35(2,3)33(34(31)37-29)27-21-38(20-23-11-5-4-6-12-23)30-16-10-8-13-24(27)30/h4-19,21,32-33,37H,20H2,1-3H3/t32-,33-/m1/s1. The highest BCUT2D eigenvalue weighted by Crippen LogP contribution is 2.63. The number of para-hydroxylation sites is 1. The minimum absolute atomic E-state index is 0.105. The Hall–Kier alpha value is -3.75. The number of aromatic nitrogens is 2. The third-order valence-corrected chi connectivity index (χ3v) is 8.98. The van der Waals surface area contributed by atoms with Gasteiger partial charge in [-0.3, -0.25) is 0 Å². The van der Waals surface area contributed by atoms with Gasteiger partial charge in [-0.25, -0.2) is 0 Å². The molecule has 0 saturated heterocycles. The first-order chi connectivity index (χ1) is 18.4. The zero-order valence-corrected chi connectivity index (χ0v) is 22.8. The molecule has 188 valence electrons. The van der Waals surface area contributed by atoms with Crippen LogP contribution in [0.5, 0.6) is 0 Å². The van der Waals surface area contributed by atoms with Crippen molar-refractivity contribution in [2.75, 3.05) is 0 Å². The molecule has 7 rings (SSSR count). The van der Waals surface area contributed by atoms with Crippen LogP contribution in [0.3, 0.4) is 0 Å². The van der Waals surface area contributed by atoms with Gasteiger partial charge in [0.1, 0.15) is 0 Å². The summed E-state index contributed by atoms with van der Waals surface area (Å²) in [7, 11) is 0. The molecule has 1 aliphatic carbocycles. The molecule has 2 aromatic heterocycles. The summed E-state index contributed by atoms with van der Waals surface area (Å²) in [6.45, 7) is 7.87. The van der Waals surface area contributed by atoms with Gasteiger partial charge in [-0.15, -0.1) is 0 Å². The number of hydrogen-bond donors (Lipinski definition) is 1. The molecular formula is C35H31ClN2. The van der Waals surface area contributed by atoms with Gasteiger partial charge in [0.15, 0.2) is 0 Å². The van der Waals surface area contributed by atoms with Crippen LogP contribution in [0.15, 0.2) is 103 Å². The lowest BCUT2D eigenvalue weighted by Crippen LogP contribution is -2.25. The molecule has 38 heavy (non-hydrogen) atoms. The molecule has 0 fully saturated rings. The minimum atomic E-state index is -0.105. The fourth-order valence-electron chi connectivity index (χ4n) is 7.03. The number of rotatable bonds is 4. The maximum absolute atomic E-state index is 6.92. The largest absolute Gasteiger partial charge is 0.358 e. The Bertz CT molecular complexity index is 1800. The van der Waals surface area contributed by atoms with E-state index in [-0.39, 0.29) is 17.3 Å². The Morgan fingerprint density at radius 1 is 0.789 bits per heavy atom. The minimum Gasteiger partial charge on any atom is -0.358 e. The van der Waals surface area contributed by atoms with E-state index in [1.807, 2.05) is 12.1 Å². The van der Waals surface area contributed by atoms with E-state index in [0.29, 0.717) is 0 Å². The van der Waals surface area contributed by atoms with Crippen LogP contribution in [-0.2, 0) is 6.54 Å². The predicted molar refractivity (Wildman–Crippen MR) is 159 cm³/mol. The van der Waals surface area contributed by atoms with Crippen LogP contribution in [0.4, 0.5) is 0 Å². The van der Waals surface area contributed by atoms with Crippen molar-refractivity contribution in [3.63, 3.8) is 0 Å². The molecule has 0 saturated carbocycles. The third kappa shape index (κ3) is 3.47. The zero-order valence-electron chi connectivity index (χ0n) is 22.0. The SMILES string of the molecule is Cc1ccc2[nH]c3c(c2c1)[C@@H](c1ccccc1Cl)C(C)(C)[C@@H]3c1cn(Cc2ccccc2)c2ccccc12. The molecule has 2 atom stereocenters. The maximum Gasteiger partial charge on any atom is 0.0486 e. The molecule has 1 N–H and O–H groups in total. The number of benzene rings is 4. The fourth-order valence-corrected chi connectivity index (χ4v) is 7.28. The highest BCUT2D eigenvalue weighted by Gasteiger charge is 2.51. The van der Waals surface area contributed by atoms with E-state index >= 15 is 0 Å². The summed E-state index contributed by atoms with van der Waals surface area (Å²) in [6, 6.07) is 34.8. The van der Waals surface area contributed by atoms with Crippen LogP contribution < -0.4 is 0 Å². The Labute approximate surface area is 228 Å². The van der Waals surface area contributed by atoms with Gasteiger partial charge in [0.25, 0.3) is 0 Å². The number of hydrogen-bond acceptors (Lipinski definition) is 0. The van der Waals surface area contributed by atoms with Gasteiger partial charge in [0, 0.05) is 57.1 Å². The molecule has 0 radical (unpaired) electrons. The van der Waals surface area contributed by atoms with Crippen molar-refractivity contribution in [2.45, 2.75) is 39.2 Å². The summed E-state index contributed by atoms with van der Waals surface area (Å²) >= 11 is 6.92. The number of fused-ring (bicyclic) bond motifs is 4. The van der Waals surface area contributed by atoms with Gasteiger partial charge >= 0.3 is 0 Å². The number of aromatic amines is 1. The normalized spacial score (nSPS) is 18.3.